The van der Waals surface area contributed by atoms with Crippen molar-refractivity contribution in [1.82, 2.24) is 25.6 Å². The molecule has 3 aromatic heterocycles. The molecule has 0 aliphatic carbocycles. The minimum atomic E-state index is -0.846. The Balaban J connectivity index is 0.000000278. The number of fused-ring (bicyclic) bond motifs is 1. The van der Waals surface area contributed by atoms with Crippen molar-refractivity contribution in [2.45, 2.75) is 25.4 Å². The van der Waals surface area contributed by atoms with Gasteiger partial charge in [-0.2, -0.15) is 0 Å². The monoisotopic (exact) mass is 373 g/mol. The van der Waals surface area contributed by atoms with Gasteiger partial charge < -0.3 is 20.7 Å². The van der Waals surface area contributed by atoms with Crippen LogP contribution in [0.15, 0.2) is 29.8 Å². The van der Waals surface area contributed by atoms with Crippen LogP contribution in [0.1, 0.15) is 46.4 Å². The normalized spacial score (nSPS) is 15.2. The molecule has 138 valence electrons. The van der Waals surface area contributed by atoms with Gasteiger partial charge in [0.15, 0.2) is 5.65 Å². The summed E-state index contributed by atoms with van der Waals surface area (Å²) in [6.45, 7) is 2.50. The number of carbonyl (C=O) groups excluding carboxylic acids is 1. The summed E-state index contributed by atoms with van der Waals surface area (Å²) < 4.78 is 0. The first kappa shape index (κ1) is 18.5. The quantitative estimate of drug-likeness (QED) is 0.564. The first-order valence-corrected chi connectivity index (χ1v) is 9.57. The first-order chi connectivity index (χ1) is 12.7. The maximum absolute atomic E-state index is 11.8. The number of aliphatic hydroxyl groups is 1. The highest BCUT2D eigenvalue weighted by Crippen LogP contribution is 2.26. The molecular formula is C18H23N5O2S. The number of H-pyrrole nitrogens is 1. The summed E-state index contributed by atoms with van der Waals surface area (Å²) in [6.07, 6.45) is 4.89. The van der Waals surface area contributed by atoms with E-state index < -0.39 is 6.10 Å². The van der Waals surface area contributed by atoms with Crippen molar-refractivity contribution < 1.29 is 9.90 Å². The predicted octanol–water partition coefficient (Wildman–Crippen LogP) is 2.22. The standard InChI is InChI=1S/C13H12N4O2S.C5H11N/c1-14-13(19)7-4-5-15-11-9(7)16-12(17-11)10(18)8-3-2-6-20-8;1-2-4-6-5-3-1/h2-6,10,18H,1H3,(H,14,19)(H,15,16,17);6H,1-5H2. The third kappa shape index (κ3) is 4.27. The maximum Gasteiger partial charge on any atom is 0.253 e. The van der Waals surface area contributed by atoms with Crippen LogP contribution in [-0.4, -0.2) is 46.1 Å². The Labute approximate surface area is 155 Å². The van der Waals surface area contributed by atoms with Crippen LogP contribution in [0.5, 0.6) is 0 Å². The fraction of sp³-hybridized carbons (Fsp3) is 0.389. The van der Waals surface area contributed by atoms with E-state index in [9.17, 15) is 9.90 Å². The van der Waals surface area contributed by atoms with Gasteiger partial charge in [0, 0.05) is 18.1 Å². The molecule has 1 unspecified atom stereocenters. The van der Waals surface area contributed by atoms with Crippen LogP contribution >= 0.6 is 11.3 Å². The van der Waals surface area contributed by atoms with Crippen molar-refractivity contribution in [3.05, 3.63) is 46.0 Å². The highest BCUT2D eigenvalue weighted by Gasteiger charge is 2.19. The molecule has 0 radical (unpaired) electrons. The number of nitrogens with zero attached hydrogens (tertiary/aromatic N) is 2. The van der Waals surface area contributed by atoms with E-state index in [2.05, 4.69) is 25.6 Å². The van der Waals surface area contributed by atoms with E-state index >= 15 is 0 Å². The number of imidazole rings is 1. The zero-order chi connectivity index (χ0) is 18.4. The molecule has 4 rings (SSSR count). The maximum atomic E-state index is 11.8. The van der Waals surface area contributed by atoms with Gasteiger partial charge in [-0.3, -0.25) is 4.79 Å². The minimum absolute atomic E-state index is 0.224. The summed E-state index contributed by atoms with van der Waals surface area (Å²) >= 11 is 1.44. The van der Waals surface area contributed by atoms with Gasteiger partial charge in [-0.25, -0.2) is 9.97 Å². The van der Waals surface area contributed by atoms with E-state index in [0.29, 0.717) is 22.6 Å². The first-order valence-electron chi connectivity index (χ1n) is 8.69. The van der Waals surface area contributed by atoms with Gasteiger partial charge in [0.25, 0.3) is 5.91 Å². The highest BCUT2D eigenvalue weighted by molar-refractivity contribution is 7.10. The fourth-order valence-corrected chi connectivity index (χ4v) is 3.48. The summed E-state index contributed by atoms with van der Waals surface area (Å²) in [5, 5.41) is 18.0. The van der Waals surface area contributed by atoms with Gasteiger partial charge in [-0.15, -0.1) is 11.3 Å². The molecule has 4 N–H and O–H groups in total. The number of carbonyl (C=O) groups is 1. The van der Waals surface area contributed by atoms with E-state index in [-0.39, 0.29) is 5.91 Å². The van der Waals surface area contributed by atoms with Crippen molar-refractivity contribution in [2.24, 2.45) is 0 Å². The SMILES string of the molecule is C1CCNCC1.CNC(=O)c1ccnc2nc(C(O)c3cccs3)[nH]c12. The molecule has 26 heavy (non-hydrogen) atoms. The molecule has 1 aliphatic rings. The molecule has 1 atom stereocenters. The van der Waals surface area contributed by atoms with Crippen LogP contribution in [0.2, 0.25) is 0 Å². The van der Waals surface area contributed by atoms with Gasteiger partial charge in [0.05, 0.1) is 11.1 Å². The van der Waals surface area contributed by atoms with Crippen molar-refractivity contribution in [3.63, 3.8) is 0 Å². The Hall–Kier alpha value is -2.29. The summed E-state index contributed by atoms with van der Waals surface area (Å²) in [7, 11) is 1.56. The van der Waals surface area contributed by atoms with Gasteiger partial charge in [0.1, 0.15) is 11.9 Å². The summed E-state index contributed by atoms with van der Waals surface area (Å²) in [5.74, 6) is 0.157. The number of aromatic nitrogens is 3. The second-order valence-electron chi connectivity index (χ2n) is 5.99. The van der Waals surface area contributed by atoms with Crippen molar-refractivity contribution in [2.75, 3.05) is 20.1 Å². The van der Waals surface area contributed by atoms with Crippen molar-refractivity contribution >= 4 is 28.4 Å². The number of hydrogen-bond donors (Lipinski definition) is 4. The average molecular weight is 373 g/mol. The highest BCUT2D eigenvalue weighted by atomic mass is 32.1. The van der Waals surface area contributed by atoms with E-state index in [4.69, 9.17) is 0 Å². The van der Waals surface area contributed by atoms with Crippen molar-refractivity contribution in [3.8, 4) is 0 Å². The van der Waals surface area contributed by atoms with E-state index in [1.165, 1.54) is 49.9 Å². The van der Waals surface area contributed by atoms with Crippen LogP contribution in [0.3, 0.4) is 0 Å². The zero-order valence-corrected chi connectivity index (χ0v) is 15.5. The Morgan fingerprint density at radius 2 is 2.12 bits per heavy atom. The molecule has 4 heterocycles. The number of aliphatic hydroxyl groups excluding tert-OH is 1. The van der Waals surface area contributed by atoms with Crippen LogP contribution in [-0.2, 0) is 0 Å². The van der Waals surface area contributed by atoms with Crippen molar-refractivity contribution in [1.29, 1.82) is 0 Å². The molecular weight excluding hydrogens is 350 g/mol. The molecule has 7 nitrogen and oxygen atoms in total. The van der Waals surface area contributed by atoms with E-state index in [0.717, 1.165) is 4.88 Å². The van der Waals surface area contributed by atoms with E-state index in [1.54, 1.807) is 13.1 Å². The topological polar surface area (TPSA) is 103 Å². The molecule has 3 aromatic rings. The van der Waals surface area contributed by atoms with Gasteiger partial charge in [-0.1, -0.05) is 12.5 Å². The number of hydrogen-bond acceptors (Lipinski definition) is 6. The molecule has 0 aromatic carbocycles. The number of thiophene rings is 1. The molecule has 1 saturated heterocycles. The summed E-state index contributed by atoms with van der Waals surface area (Å²) in [4.78, 5) is 23.9. The number of rotatable bonds is 3. The molecule has 1 fully saturated rings. The van der Waals surface area contributed by atoms with Crippen LogP contribution < -0.4 is 10.6 Å². The third-order valence-corrected chi connectivity index (χ3v) is 5.09. The van der Waals surface area contributed by atoms with Crippen LogP contribution in [0.25, 0.3) is 11.2 Å². The molecule has 8 heteroatoms. The lowest BCUT2D eigenvalue weighted by molar-refractivity contribution is 0.0964. The fourth-order valence-electron chi connectivity index (χ4n) is 2.77. The lowest BCUT2D eigenvalue weighted by Gasteiger charge is -2.08. The summed E-state index contributed by atoms with van der Waals surface area (Å²) in [6, 6.07) is 5.30. The number of pyridine rings is 1. The smallest absolute Gasteiger partial charge is 0.253 e. The zero-order valence-electron chi connectivity index (χ0n) is 14.7. The Kier molecular flexibility index (Phi) is 6.32. The van der Waals surface area contributed by atoms with E-state index in [1.807, 2.05) is 17.5 Å². The predicted molar refractivity (Wildman–Crippen MR) is 102 cm³/mol. The summed E-state index contributed by atoms with van der Waals surface area (Å²) in [5.41, 5.74) is 1.39. The largest absolute Gasteiger partial charge is 0.380 e. The molecule has 0 spiro atoms. The lowest BCUT2D eigenvalue weighted by atomic mass is 10.2. The number of nitrogens with one attached hydrogen (secondary N) is 3. The third-order valence-electron chi connectivity index (χ3n) is 4.16. The lowest BCUT2D eigenvalue weighted by Crippen LogP contribution is -2.21. The molecule has 0 saturated carbocycles. The minimum Gasteiger partial charge on any atom is -0.380 e. The van der Waals surface area contributed by atoms with Gasteiger partial charge >= 0.3 is 0 Å². The number of amides is 1. The van der Waals surface area contributed by atoms with Crippen LogP contribution in [0, 0.1) is 0 Å². The molecule has 1 amide bonds. The Bertz CT molecular complexity index is 831. The van der Waals surface area contributed by atoms with Gasteiger partial charge in [0.2, 0.25) is 0 Å². The van der Waals surface area contributed by atoms with Gasteiger partial charge in [-0.05, 0) is 43.4 Å². The second kappa shape index (κ2) is 8.88. The molecule has 0 bridgehead atoms. The molecule has 1 aliphatic heterocycles. The Morgan fingerprint density at radius 1 is 1.31 bits per heavy atom. The Morgan fingerprint density at radius 3 is 2.69 bits per heavy atom. The number of piperidine rings is 1. The number of aromatic amines is 1. The second-order valence-corrected chi connectivity index (χ2v) is 6.97. The van der Waals surface area contributed by atoms with Crippen LogP contribution in [0.4, 0.5) is 0 Å². The average Bonchev–Trinajstić information content (AvgIpc) is 3.38.